The molecule has 0 atom stereocenters. The first kappa shape index (κ1) is 41.6. The molecule has 356 valence electrons. The molecule has 0 N–H and O–H groups in total. The SMILES string of the molecule is c1ccc2c(c1)-c1ccccc1C2c1ccc2c(c1)C1(c3cc(C4c5ccccc5-c5ccccc54)ccc3-c3ccc(-n4c5ccccc5c5ccccc54)cc31)c1cc(-n3c4ccccc4c4ccccc43)ccc1-2. The number of nitrogens with zero attached hydrogens (tertiary/aromatic N) is 2. The Kier molecular flexibility index (Phi) is 8.20. The van der Waals surface area contributed by atoms with Gasteiger partial charge < -0.3 is 9.13 Å². The van der Waals surface area contributed by atoms with Crippen LogP contribution in [0.25, 0.3) is 99.5 Å². The van der Waals surface area contributed by atoms with Gasteiger partial charge in [-0.05, 0) is 149 Å². The van der Waals surface area contributed by atoms with E-state index >= 15 is 0 Å². The molecule has 0 amide bonds. The number of hydrogen-bond donors (Lipinski definition) is 0. The van der Waals surface area contributed by atoms with Gasteiger partial charge in [0.05, 0.1) is 27.5 Å². The van der Waals surface area contributed by atoms with Gasteiger partial charge in [0.1, 0.15) is 0 Å². The van der Waals surface area contributed by atoms with Crippen LogP contribution in [0.3, 0.4) is 0 Å². The zero-order valence-corrected chi connectivity index (χ0v) is 42.0. The van der Waals surface area contributed by atoms with Gasteiger partial charge in [0.2, 0.25) is 0 Å². The molecule has 4 aliphatic carbocycles. The second kappa shape index (κ2) is 15.2. The van der Waals surface area contributed by atoms with Crippen LogP contribution in [-0.4, -0.2) is 9.13 Å². The lowest BCUT2D eigenvalue weighted by Crippen LogP contribution is -2.27. The van der Waals surface area contributed by atoms with Crippen molar-refractivity contribution in [1.29, 1.82) is 0 Å². The number of benzene rings is 12. The van der Waals surface area contributed by atoms with Gasteiger partial charge in [-0.3, -0.25) is 0 Å². The van der Waals surface area contributed by atoms with E-state index in [0.29, 0.717) is 0 Å². The van der Waals surface area contributed by atoms with Gasteiger partial charge in [-0.15, -0.1) is 0 Å². The molecule has 0 aliphatic heterocycles. The Morgan fingerprint density at radius 3 is 0.844 bits per heavy atom. The molecule has 0 saturated heterocycles. The van der Waals surface area contributed by atoms with Gasteiger partial charge in [0, 0.05) is 44.8 Å². The van der Waals surface area contributed by atoms with Crippen molar-refractivity contribution in [2.75, 3.05) is 0 Å². The fourth-order valence-corrected chi connectivity index (χ4v) is 15.3. The van der Waals surface area contributed by atoms with Crippen molar-refractivity contribution in [3.05, 3.63) is 323 Å². The van der Waals surface area contributed by atoms with Crippen molar-refractivity contribution in [3.8, 4) is 55.9 Å². The van der Waals surface area contributed by atoms with E-state index in [0.717, 1.165) is 11.4 Å². The lowest BCUT2D eigenvalue weighted by molar-refractivity contribution is 0.784. The van der Waals surface area contributed by atoms with Gasteiger partial charge in [-0.25, -0.2) is 0 Å². The summed E-state index contributed by atoms with van der Waals surface area (Å²) in [7, 11) is 0. The summed E-state index contributed by atoms with van der Waals surface area (Å²) in [4.78, 5) is 0. The van der Waals surface area contributed by atoms with Crippen molar-refractivity contribution < 1.29 is 0 Å². The lowest BCUT2D eigenvalue weighted by atomic mass is 9.69. The van der Waals surface area contributed by atoms with Crippen molar-refractivity contribution in [3.63, 3.8) is 0 Å². The average Bonchev–Trinajstić information content (AvgIpc) is 4.06. The van der Waals surface area contributed by atoms with Crippen LogP contribution >= 0.6 is 0 Å². The summed E-state index contributed by atoms with van der Waals surface area (Å²) in [6.45, 7) is 0. The van der Waals surface area contributed by atoms with Crippen LogP contribution in [0, 0.1) is 0 Å². The number of aromatic nitrogens is 2. The second-order valence-corrected chi connectivity index (χ2v) is 21.8. The molecule has 0 radical (unpaired) electrons. The van der Waals surface area contributed by atoms with Crippen LogP contribution in [-0.2, 0) is 5.41 Å². The Balaban J connectivity index is 0.973. The summed E-state index contributed by atoms with van der Waals surface area (Å²) in [5, 5.41) is 5.05. The zero-order chi connectivity index (χ0) is 50.1. The predicted octanol–water partition coefficient (Wildman–Crippen LogP) is 18.5. The summed E-state index contributed by atoms with van der Waals surface area (Å²) in [5.74, 6) is 0.174. The highest BCUT2D eigenvalue weighted by Gasteiger charge is 2.53. The summed E-state index contributed by atoms with van der Waals surface area (Å²) in [6, 6.07) is 102. The summed E-state index contributed by atoms with van der Waals surface area (Å²) >= 11 is 0. The van der Waals surface area contributed by atoms with Crippen LogP contribution in [0.4, 0.5) is 0 Å². The quantitative estimate of drug-likeness (QED) is 0.166. The molecule has 2 aromatic heterocycles. The van der Waals surface area contributed by atoms with Crippen molar-refractivity contribution >= 4 is 43.6 Å². The Bertz CT molecular complexity index is 4400. The first-order chi connectivity index (χ1) is 38.2. The molecule has 77 heavy (non-hydrogen) atoms. The van der Waals surface area contributed by atoms with E-state index in [2.05, 4.69) is 276 Å². The highest BCUT2D eigenvalue weighted by Crippen LogP contribution is 2.65. The number of fused-ring (bicyclic) bond motifs is 22. The molecule has 0 fully saturated rings. The fourth-order valence-electron chi connectivity index (χ4n) is 15.3. The minimum absolute atomic E-state index is 0.0868. The Hall–Kier alpha value is -9.76. The van der Waals surface area contributed by atoms with E-state index in [1.165, 1.54) is 144 Å². The minimum Gasteiger partial charge on any atom is -0.309 e. The Labute approximate surface area is 446 Å². The molecule has 0 bridgehead atoms. The van der Waals surface area contributed by atoms with E-state index < -0.39 is 5.41 Å². The second-order valence-electron chi connectivity index (χ2n) is 21.8. The third-order valence-electron chi connectivity index (χ3n) is 18.3. The van der Waals surface area contributed by atoms with E-state index in [9.17, 15) is 0 Å². The van der Waals surface area contributed by atoms with Crippen molar-refractivity contribution in [2.24, 2.45) is 0 Å². The molecule has 18 rings (SSSR count). The molecule has 2 nitrogen and oxygen atoms in total. The maximum atomic E-state index is 2.64. The van der Waals surface area contributed by atoms with Gasteiger partial charge in [0.15, 0.2) is 0 Å². The first-order valence-electron chi connectivity index (χ1n) is 27.1. The smallest absolute Gasteiger partial charge is 0.0727 e. The molecule has 14 aromatic rings. The van der Waals surface area contributed by atoms with Crippen LogP contribution in [0.2, 0.25) is 0 Å². The zero-order valence-electron chi connectivity index (χ0n) is 42.0. The van der Waals surface area contributed by atoms with Crippen LogP contribution in [0.5, 0.6) is 0 Å². The molecular weight excluding hydrogens is 929 g/mol. The standard InChI is InChI=1S/C75H46N2/c1-5-25-61-49(17-1)50-18-2-6-26-62(50)73(61)45-33-37-53-55-39-35-47(76-69-29-13-9-21-57(69)58-22-10-14-30-70(58)76)43-67(55)75(65(53)41-45)66-42-46(74-63-27-7-3-19-51(63)52-20-4-8-28-64(52)74)34-38-54(66)56-40-36-48(44-68(56)75)77-71-31-15-11-23-59(71)60-24-12-16-32-72(60)77/h1-44,73-74H. The Morgan fingerprint density at radius 1 is 0.234 bits per heavy atom. The average molecular weight is 975 g/mol. The van der Waals surface area contributed by atoms with E-state index in [-0.39, 0.29) is 11.8 Å². The molecule has 12 aromatic carbocycles. The third-order valence-corrected chi connectivity index (χ3v) is 18.3. The van der Waals surface area contributed by atoms with Crippen LogP contribution in [0.1, 0.15) is 67.5 Å². The van der Waals surface area contributed by atoms with E-state index in [1.807, 2.05) is 0 Å². The number of rotatable bonds is 4. The Morgan fingerprint density at radius 2 is 0.506 bits per heavy atom. The first-order valence-corrected chi connectivity index (χ1v) is 27.1. The molecular formula is C75H46N2. The molecule has 2 heteroatoms. The van der Waals surface area contributed by atoms with Gasteiger partial charge in [-0.1, -0.05) is 218 Å². The predicted molar refractivity (Wildman–Crippen MR) is 317 cm³/mol. The monoisotopic (exact) mass is 974 g/mol. The highest BCUT2D eigenvalue weighted by atomic mass is 15.0. The van der Waals surface area contributed by atoms with Gasteiger partial charge in [-0.2, -0.15) is 0 Å². The molecule has 0 saturated carbocycles. The van der Waals surface area contributed by atoms with E-state index in [4.69, 9.17) is 0 Å². The summed E-state index contributed by atoms with van der Waals surface area (Å²) in [5.41, 5.74) is 30.4. The minimum atomic E-state index is -0.708. The van der Waals surface area contributed by atoms with Gasteiger partial charge >= 0.3 is 0 Å². The molecule has 1 spiro atoms. The maximum absolute atomic E-state index is 2.64. The normalized spacial score (nSPS) is 14.2. The number of hydrogen-bond acceptors (Lipinski definition) is 0. The van der Waals surface area contributed by atoms with E-state index in [1.54, 1.807) is 0 Å². The highest BCUT2D eigenvalue weighted by molar-refractivity contribution is 6.11. The molecule has 2 heterocycles. The third kappa shape index (κ3) is 5.34. The largest absolute Gasteiger partial charge is 0.309 e. The maximum Gasteiger partial charge on any atom is 0.0727 e. The summed E-state index contributed by atoms with van der Waals surface area (Å²) < 4.78 is 5.01. The van der Waals surface area contributed by atoms with Crippen LogP contribution < -0.4 is 0 Å². The topological polar surface area (TPSA) is 9.86 Å². The number of para-hydroxylation sites is 4. The van der Waals surface area contributed by atoms with Crippen molar-refractivity contribution in [2.45, 2.75) is 17.3 Å². The van der Waals surface area contributed by atoms with Gasteiger partial charge in [0.25, 0.3) is 0 Å². The molecule has 4 aliphatic rings. The van der Waals surface area contributed by atoms with Crippen molar-refractivity contribution in [1.82, 2.24) is 9.13 Å². The summed E-state index contributed by atoms with van der Waals surface area (Å²) in [6.07, 6.45) is 0. The molecule has 0 unspecified atom stereocenters. The fraction of sp³-hybridized carbons (Fsp3) is 0.0400. The lowest BCUT2D eigenvalue weighted by Gasteiger charge is -2.32. The van der Waals surface area contributed by atoms with Crippen LogP contribution in [0.15, 0.2) is 267 Å².